The SMILES string of the molecule is O=C(Cn1c(=O)cnc2ccccc21)N(CC1CCCO1)C1CCS(=O)(=O)C1. The van der Waals surface area contributed by atoms with Crippen molar-refractivity contribution in [3.8, 4) is 0 Å². The van der Waals surface area contributed by atoms with Crippen molar-refractivity contribution in [3.05, 3.63) is 40.8 Å². The highest BCUT2D eigenvalue weighted by molar-refractivity contribution is 7.91. The van der Waals surface area contributed by atoms with Crippen molar-refractivity contribution < 1.29 is 17.9 Å². The van der Waals surface area contributed by atoms with Gasteiger partial charge in [-0.1, -0.05) is 12.1 Å². The highest BCUT2D eigenvalue weighted by Gasteiger charge is 2.36. The molecule has 9 heteroatoms. The Balaban J connectivity index is 1.62. The predicted molar refractivity (Wildman–Crippen MR) is 104 cm³/mol. The summed E-state index contributed by atoms with van der Waals surface area (Å²) in [6, 6.07) is 6.77. The first-order valence-corrected chi connectivity index (χ1v) is 11.3. The Kier molecular flexibility index (Phi) is 5.20. The number of carbonyl (C=O) groups excluding carboxylic acids is 1. The lowest BCUT2D eigenvalue weighted by atomic mass is 10.1. The van der Waals surface area contributed by atoms with Gasteiger partial charge in [-0.05, 0) is 31.4 Å². The van der Waals surface area contributed by atoms with Gasteiger partial charge in [0.15, 0.2) is 9.84 Å². The van der Waals surface area contributed by atoms with E-state index in [9.17, 15) is 18.0 Å². The molecule has 2 aromatic rings. The third-order valence-corrected chi connectivity index (χ3v) is 7.19. The van der Waals surface area contributed by atoms with E-state index in [1.807, 2.05) is 6.07 Å². The highest BCUT2D eigenvalue weighted by Crippen LogP contribution is 2.22. The Morgan fingerprint density at radius 2 is 2.11 bits per heavy atom. The first kappa shape index (κ1) is 19.1. The summed E-state index contributed by atoms with van der Waals surface area (Å²) in [4.78, 5) is 31.3. The molecule has 2 aliphatic rings. The predicted octanol–water partition coefficient (Wildman–Crippen LogP) is 0.591. The van der Waals surface area contributed by atoms with E-state index in [1.165, 1.54) is 10.8 Å². The first-order chi connectivity index (χ1) is 13.4. The Hall–Kier alpha value is -2.26. The molecule has 0 aliphatic carbocycles. The molecule has 1 aromatic heterocycles. The fraction of sp³-hybridized carbons (Fsp3) is 0.526. The number of hydrogen-bond acceptors (Lipinski definition) is 6. The smallest absolute Gasteiger partial charge is 0.269 e. The number of carbonyl (C=O) groups is 1. The van der Waals surface area contributed by atoms with E-state index in [4.69, 9.17) is 4.74 Å². The van der Waals surface area contributed by atoms with Crippen molar-refractivity contribution in [2.45, 2.75) is 38.0 Å². The minimum absolute atomic E-state index is 0.0303. The zero-order valence-corrected chi connectivity index (χ0v) is 16.3. The third-order valence-electron chi connectivity index (χ3n) is 5.44. The van der Waals surface area contributed by atoms with Gasteiger partial charge in [0.05, 0.1) is 34.8 Å². The second-order valence-corrected chi connectivity index (χ2v) is 9.64. The monoisotopic (exact) mass is 405 g/mol. The topological polar surface area (TPSA) is 98.6 Å². The van der Waals surface area contributed by atoms with Crippen LogP contribution in [-0.4, -0.2) is 65.6 Å². The Labute approximate surface area is 163 Å². The fourth-order valence-corrected chi connectivity index (χ4v) is 5.72. The van der Waals surface area contributed by atoms with Gasteiger partial charge in [-0.3, -0.25) is 14.2 Å². The van der Waals surface area contributed by atoms with Crippen LogP contribution in [0.1, 0.15) is 19.3 Å². The molecular weight excluding hydrogens is 382 g/mol. The zero-order valence-electron chi connectivity index (χ0n) is 15.5. The van der Waals surface area contributed by atoms with Crippen molar-refractivity contribution in [3.63, 3.8) is 0 Å². The number of benzene rings is 1. The molecule has 2 saturated heterocycles. The number of sulfone groups is 1. The van der Waals surface area contributed by atoms with Crippen molar-refractivity contribution in [2.75, 3.05) is 24.7 Å². The first-order valence-electron chi connectivity index (χ1n) is 9.49. The minimum atomic E-state index is -3.14. The van der Waals surface area contributed by atoms with Crippen LogP contribution in [0.3, 0.4) is 0 Å². The molecule has 2 atom stereocenters. The average Bonchev–Trinajstić information content (AvgIpc) is 3.31. The molecule has 4 rings (SSSR count). The van der Waals surface area contributed by atoms with E-state index < -0.39 is 9.84 Å². The lowest BCUT2D eigenvalue weighted by Gasteiger charge is -2.31. The summed E-state index contributed by atoms with van der Waals surface area (Å²) in [6.45, 7) is 0.867. The lowest BCUT2D eigenvalue weighted by molar-refractivity contribution is -0.135. The van der Waals surface area contributed by atoms with E-state index in [0.717, 1.165) is 12.8 Å². The van der Waals surface area contributed by atoms with Crippen LogP contribution in [0.25, 0.3) is 11.0 Å². The molecule has 1 amide bonds. The summed E-state index contributed by atoms with van der Waals surface area (Å²) in [6.07, 6.45) is 3.33. The number of hydrogen-bond donors (Lipinski definition) is 0. The van der Waals surface area contributed by atoms with Gasteiger partial charge in [0.25, 0.3) is 5.56 Å². The number of ether oxygens (including phenoxy) is 1. The Morgan fingerprint density at radius 3 is 2.82 bits per heavy atom. The number of rotatable bonds is 5. The lowest BCUT2D eigenvalue weighted by Crippen LogP contribution is -2.47. The summed E-state index contributed by atoms with van der Waals surface area (Å²) < 4.78 is 31.0. The van der Waals surface area contributed by atoms with E-state index in [0.29, 0.717) is 30.6 Å². The van der Waals surface area contributed by atoms with Gasteiger partial charge < -0.3 is 9.64 Å². The molecule has 1 aromatic carbocycles. The molecule has 0 radical (unpaired) electrons. The molecule has 2 aliphatic heterocycles. The molecule has 150 valence electrons. The number of aromatic nitrogens is 2. The number of fused-ring (bicyclic) bond motifs is 1. The van der Waals surface area contributed by atoms with E-state index in [-0.39, 0.29) is 41.7 Å². The summed E-state index contributed by atoms with van der Waals surface area (Å²) in [5.41, 5.74) is 0.853. The van der Waals surface area contributed by atoms with Gasteiger partial charge in [0.2, 0.25) is 5.91 Å². The van der Waals surface area contributed by atoms with Gasteiger partial charge in [-0.15, -0.1) is 0 Å². The molecular formula is C19H23N3O5S. The van der Waals surface area contributed by atoms with Crippen molar-refractivity contribution in [1.29, 1.82) is 0 Å². The highest BCUT2D eigenvalue weighted by atomic mass is 32.2. The molecule has 28 heavy (non-hydrogen) atoms. The van der Waals surface area contributed by atoms with Crippen LogP contribution in [0.15, 0.2) is 35.3 Å². The van der Waals surface area contributed by atoms with Gasteiger partial charge in [0, 0.05) is 19.2 Å². The van der Waals surface area contributed by atoms with Crippen molar-refractivity contribution in [1.82, 2.24) is 14.5 Å². The average molecular weight is 405 g/mol. The van der Waals surface area contributed by atoms with Crippen LogP contribution < -0.4 is 5.56 Å². The molecule has 8 nitrogen and oxygen atoms in total. The van der Waals surface area contributed by atoms with Crippen molar-refractivity contribution in [2.24, 2.45) is 0 Å². The molecule has 0 saturated carbocycles. The van der Waals surface area contributed by atoms with Crippen LogP contribution >= 0.6 is 0 Å². The Bertz CT molecular complexity index is 1040. The Morgan fingerprint density at radius 1 is 1.29 bits per heavy atom. The maximum absolute atomic E-state index is 13.2. The van der Waals surface area contributed by atoms with Gasteiger partial charge in [0.1, 0.15) is 6.54 Å². The summed E-state index contributed by atoms with van der Waals surface area (Å²) in [5, 5.41) is 0. The normalized spacial score (nSPS) is 23.9. The van der Waals surface area contributed by atoms with Gasteiger partial charge in [-0.25, -0.2) is 13.4 Å². The second-order valence-electron chi connectivity index (χ2n) is 7.41. The largest absolute Gasteiger partial charge is 0.376 e. The summed E-state index contributed by atoms with van der Waals surface area (Å²) >= 11 is 0. The van der Waals surface area contributed by atoms with Crippen LogP contribution in [0.4, 0.5) is 0 Å². The molecule has 2 unspecified atom stereocenters. The maximum atomic E-state index is 13.2. The standard InChI is InChI=1S/C19H23N3O5S/c23-18-10-20-16-5-1-2-6-17(16)22(18)12-19(24)21(11-15-4-3-8-27-15)14-7-9-28(25,26)13-14/h1-2,5-6,10,14-15H,3-4,7-9,11-13H2. The maximum Gasteiger partial charge on any atom is 0.269 e. The summed E-state index contributed by atoms with van der Waals surface area (Å²) in [7, 11) is -3.14. The fourth-order valence-electron chi connectivity index (χ4n) is 3.99. The molecule has 0 bridgehead atoms. The number of amides is 1. The van der Waals surface area contributed by atoms with E-state index in [1.54, 1.807) is 23.1 Å². The van der Waals surface area contributed by atoms with Crippen LogP contribution in [-0.2, 0) is 25.9 Å². The van der Waals surface area contributed by atoms with Gasteiger partial charge >= 0.3 is 0 Å². The molecule has 0 spiro atoms. The summed E-state index contributed by atoms with van der Waals surface area (Å²) in [5.74, 6) is -0.209. The van der Waals surface area contributed by atoms with Crippen molar-refractivity contribution >= 4 is 26.8 Å². The molecule has 3 heterocycles. The quantitative estimate of drug-likeness (QED) is 0.722. The minimum Gasteiger partial charge on any atom is -0.376 e. The van der Waals surface area contributed by atoms with Crippen LogP contribution in [0, 0.1) is 0 Å². The molecule has 2 fully saturated rings. The third kappa shape index (κ3) is 3.95. The van der Waals surface area contributed by atoms with Gasteiger partial charge in [-0.2, -0.15) is 0 Å². The van der Waals surface area contributed by atoms with E-state index >= 15 is 0 Å². The number of nitrogens with zero attached hydrogens (tertiary/aromatic N) is 3. The van der Waals surface area contributed by atoms with E-state index in [2.05, 4.69) is 4.98 Å². The van der Waals surface area contributed by atoms with Crippen LogP contribution in [0.2, 0.25) is 0 Å². The van der Waals surface area contributed by atoms with Crippen LogP contribution in [0.5, 0.6) is 0 Å². The zero-order chi connectivity index (χ0) is 19.7. The second kappa shape index (κ2) is 7.63. The number of para-hydroxylation sites is 2. The molecule has 0 N–H and O–H groups in total.